The zero-order valence-electron chi connectivity index (χ0n) is 12.0. The van der Waals surface area contributed by atoms with Gasteiger partial charge in [-0.25, -0.2) is 0 Å². The minimum atomic E-state index is -2.80. The summed E-state index contributed by atoms with van der Waals surface area (Å²) in [4.78, 5) is 0. The Morgan fingerprint density at radius 3 is 2.48 bits per heavy atom. The van der Waals surface area contributed by atoms with Crippen LogP contribution in [-0.2, 0) is 0 Å². The van der Waals surface area contributed by atoms with Gasteiger partial charge in [-0.15, -0.1) is 0 Å². The Balaban J connectivity index is 1.86. The molecule has 0 saturated carbocycles. The van der Waals surface area contributed by atoms with Crippen LogP contribution in [-0.4, -0.2) is 35.4 Å². The number of aliphatic hydroxyl groups is 1. The number of thioether (sulfide) groups is 1. The van der Waals surface area contributed by atoms with Gasteiger partial charge >= 0.3 is 6.61 Å². The highest BCUT2D eigenvalue weighted by atomic mass is 32.2. The third-order valence-corrected chi connectivity index (χ3v) is 4.75. The van der Waals surface area contributed by atoms with E-state index in [1.165, 1.54) is 12.1 Å². The summed E-state index contributed by atoms with van der Waals surface area (Å²) in [5.41, 5.74) is 0.350. The highest BCUT2D eigenvalue weighted by Gasteiger charge is 2.29. The molecular formula is C15H21F2NO2S. The summed E-state index contributed by atoms with van der Waals surface area (Å²) in [6.45, 7) is -0.265. The number of hydrogen-bond donors (Lipinski definition) is 2. The van der Waals surface area contributed by atoms with Crippen molar-refractivity contribution in [2.24, 2.45) is 0 Å². The molecule has 3 nitrogen and oxygen atoms in total. The molecule has 1 atom stereocenters. The molecule has 1 heterocycles. The van der Waals surface area contributed by atoms with Crippen molar-refractivity contribution in [3.8, 4) is 5.75 Å². The van der Waals surface area contributed by atoms with Crippen LogP contribution in [0.5, 0.6) is 5.75 Å². The Morgan fingerprint density at radius 2 is 1.90 bits per heavy atom. The molecule has 0 aliphatic carbocycles. The highest BCUT2D eigenvalue weighted by molar-refractivity contribution is 7.99. The van der Waals surface area contributed by atoms with E-state index in [1.807, 2.05) is 18.7 Å². The highest BCUT2D eigenvalue weighted by Crippen LogP contribution is 2.27. The monoisotopic (exact) mass is 317 g/mol. The van der Waals surface area contributed by atoms with Gasteiger partial charge in [0.05, 0.1) is 5.60 Å². The van der Waals surface area contributed by atoms with Gasteiger partial charge < -0.3 is 15.2 Å². The first-order chi connectivity index (χ1) is 9.98. The van der Waals surface area contributed by atoms with Gasteiger partial charge in [-0.3, -0.25) is 0 Å². The third-order valence-electron chi connectivity index (χ3n) is 3.77. The molecule has 1 unspecified atom stereocenters. The van der Waals surface area contributed by atoms with Gasteiger partial charge in [0.15, 0.2) is 0 Å². The lowest BCUT2D eigenvalue weighted by atomic mass is 9.96. The lowest BCUT2D eigenvalue weighted by Crippen LogP contribution is -2.44. The Kier molecular flexibility index (Phi) is 5.84. The standard InChI is InChI=1S/C15H21F2NO2S/c1-11(18-10-15(19)6-8-21-9-7-15)12-2-4-13(5-3-12)20-14(16)17/h2-5,11,14,18-19H,6-10H2,1H3. The Hall–Kier alpha value is -0.850. The van der Waals surface area contributed by atoms with Gasteiger partial charge in [0.25, 0.3) is 0 Å². The molecular weight excluding hydrogens is 296 g/mol. The fraction of sp³-hybridized carbons (Fsp3) is 0.600. The Labute approximate surface area is 128 Å². The Bertz CT molecular complexity index is 436. The predicted octanol–water partition coefficient (Wildman–Crippen LogP) is 3.20. The number of nitrogens with one attached hydrogen (secondary N) is 1. The largest absolute Gasteiger partial charge is 0.435 e. The summed E-state index contributed by atoms with van der Waals surface area (Å²) in [5.74, 6) is 2.14. The molecule has 2 N–H and O–H groups in total. The number of rotatable bonds is 6. The van der Waals surface area contributed by atoms with Gasteiger partial charge in [0.1, 0.15) is 5.75 Å². The maximum absolute atomic E-state index is 12.1. The van der Waals surface area contributed by atoms with E-state index in [0.29, 0.717) is 6.54 Å². The number of alkyl halides is 2. The van der Waals surface area contributed by atoms with Crippen molar-refractivity contribution in [2.45, 2.75) is 38.0 Å². The first-order valence-electron chi connectivity index (χ1n) is 7.07. The molecule has 1 aromatic rings. The van der Waals surface area contributed by atoms with Crippen LogP contribution in [0.4, 0.5) is 8.78 Å². The van der Waals surface area contributed by atoms with Crippen LogP contribution in [0.2, 0.25) is 0 Å². The maximum Gasteiger partial charge on any atom is 0.387 e. The van der Waals surface area contributed by atoms with E-state index in [-0.39, 0.29) is 11.8 Å². The molecule has 0 aromatic heterocycles. The third kappa shape index (κ3) is 5.13. The van der Waals surface area contributed by atoms with Gasteiger partial charge in [-0.2, -0.15) is 20.5 Å². The van der Waals surface area contributed by atoms with Gasteiger partial charge in [-0.05, 0) is 49.0 Å². The number of benzene rings is 1. The van der Waals surface area contributed by atoms with Crippen molar-refractivity contribution in [2.75, 3.05) is 18.1 Å². The van der Waals surface area contributed by atoms with E-state index < -0.39 is 12.2 Å². The predicted molar refractivity (Wildman–Crippen MR) is 81.0 cm³/mol. The van der Waals surface area contributed by atoms with Crippen molar-refractivity contribution in [3.05, 3.63) is 29.8 Å². The fourth-order valence-electron chi connectivity index (χ4n) is 2.33. The van der Waals surface area contributed by atoms with Crippen molar-refractivity contribution in [1.82, 2.24) is 5.32 Å². The van der Waals surface area contributed by atoms with Crippen molar-refractivity contribution < 1.29 is 18.6 Å². The van der Waals surface area contributed by atoms with Gasteiger partial charge in [0, 0.05) is 12.6 Å². The lowest BCUT2D eigenvalue weighted by Gasteiger charge is -2.33. The average molecular weight is 317 g/mol. The second kappa shape index (κ2) is 7.42. The fourth-order valence-corrected chi connectivity index (χ4v) is 3.58. The van der Waals surface area contributed by atoms with Crippen LogP contribution in [0.3, 0.4) is 0 Å². The Morgan fingerprint density at radius 1 is 1.29 bits per heavy atom. The minimum Gasteiger partial charge on any atom is -0.435 e. The maximum atomic E-state index is 12.1. The summed E-state index contributed by atoms with van der Waals surface area (Å²) in [6.07, 6.45) is 1.61. The first-order valence-corrected chi connectivity index (χ1v) is 8.22. The summed E-state index contributed by atoms with van der Waals surface area (Å²) in [7, 11) is 0. The van der Waals surface area contributed by atoms with E-state index >= 15 is 0 Å². The SMILES string of the molecule is CC(NCC1(O)CCSCC1)c1ccc(OC(F)F)cc1. The number of halogens is 2. The zero-order valence-corrected chi connectivity index (χ0v) is 12.8. The normalized spacial score (nSPS) is 19.5. The molecule has 1 aliphatic heterocycles. The van der Waals surface area contributed by atoms with Gasteiger partial charge in [0.2, 0.25) is 0 Å². The van der Waals surface area contributed by atoms with Crippen LogP contribution >= 0.6 is 11.8 Å². The van der Waals surface area contributed by atoms with Crippen molar-refractivity contribution >= 4 is 11.8 Å². The van der Waals surface area contributed by atoms with Crippen LogP contribution in [0.25, 0.3) is 0 Å². The molecule has 118 valence electrons. The average Bonchev–Trinajstić information content (AvgIpc) is 2.46. The van der Waals surface area contributed by atoms with Crippen molar-refractivity contribution in [3.63, 3.8) is 0 Å². The lowest BCUT2D eigenvalue weighted by molar-refractivity contribution is -0.0498. The van der Waals surface area contributed by atoms with E-state index in [0.717, 1.165) is 29.9 Å². The summed E-state index contributed by atoms with van der Waals surface area (Å²) >= 11 is 1.87. The zero-order chi connectivity index (χ0) is 15.3. The van der Waals surface area contributed by atoms with Crippen LogP contribution in [0.1, 0.15) is 31.4 Å². The van der Waals surface area contributed by atoms with Crippen LogP contribution < -0.4 is 10.1 Å². The quantitative estimate of drug-likeness (QED) is 0.845. The second-order valence-electron chi connectivity index (χ2n) is 5.39. The molecule has 2 rings (SSSR count). The minimum absolute atomic E-state index is 0.0456. The van der Waals surface area contributed by atoms with E-state index in [2.05, 4.69) is 10.1 Å². The number of ether oxygens (including phenoxy) is 1. The molecule has 0 radical (unpaired) electrons. The molecule has 0 spiro atoms. The summed E-state index contributed by atoms with van der Waals surface area (Å²) in [5, 5.41) is 13.8. The smallest absolute Gasteiger partial charge is 0.387 e. The van der Waals surface area contributed by atoms with Crippen LogP contribution in [0, 0.1) is 0 Å². The molecule has 0 amide bonds. The molecule has 1 aromatic carbocycles. The molecule has 6 heteroatoms. The summed E-state index contributed by atoms with van der Waals surface area (Å²) < 4.78 is 28.5. The molecule has 1 aliphatic rings. The summed E-state index contributed by atoms with van der Waals surface area (Å²) in [6, 6.07) is 6.63. The van der Waals surface area contributed by atoms with E-state index in [4.69, 9.17) is 0 Å². The molecule has 1 fully saturated rings. The van der Waals surface area contributed by atoms with E-state index in [1.54, 1.807) is 12.1 Å². The molecule has 0 bridgehead atoms. The number of hydrogen-bond acceptors (Lipinski definition) is 4. The molecule has 21 heavy (non-hydrogen) atoms. The topological polar surface area (TPSA) is 41.5 Å². The second-order valence-corrected chi connectivity index (χ2v) is 6.61. The van der Waals surface area contributed by atoms with E-state index in [9.17, 15) is 13.9 Å². The van der Waals surface area contributed by atoms with Crippen LogP contribution in [0.15, 0.2) is 24.3 Å². The molecule has 1 saturated heterocycles. The van der Waals surface area contributed by atoms with Gasteiger partial charge in [-0.1, -0.05) is 12.1 Å². The first kappa shape index (κ1) is 16.5. The van der Waals surface area contributed by atoms with Crippen molar-refractivity contribution in [1.29, 1.82) is 0 Å².